The number of hydrogen-bond acceptors (Lipinski definition) is 5. The summed E-state index contributed by atoms with van der Waals surface area (Å²) in [6, 6.07) is 5.84. The Kier molecular flexibility index (Phi) is 4.89. The molecule has 1 N–H and O–H groups in total. The third kappa shape index (κ3) is 3.97. The maximum absolute atomic E-state index is 13.8. The summed E-state index contributed by atoms with van der Waals surface area (Å²) in [5, 5.41) is 3.40. The number of aromatic nitrogens is 2. The molecular weight excluding hydrogens is 312 g/mol. The van der Waals surface area contributed by atoms with E-state index in [0.717, 1.165) is 31.4 Å². The number of nitrogens with zero attached hydrogens (tertiary/aromatic N) is 4. The zero-order chi connectivity index (χ0) is 17.1. The summed E-state index contributed by atoms with van der Waals surface area (Å²) in [7, 11) is 3.79. The van der Waals surface area contributed by atoms with E-state index in [9.17, 15) is 8.78 Å². The summed E-state index contributed by atoms with van der Waals surface area (Å²) in [5.74, 6) is 0.409. The van der Waals surface area contributed by atoms with E-state index < -0.39 is 11.6 Å². The van der Waals surface area contributed by atoms with E-state index in [2.05, 4.69) is 20.2 Å². The molecule has 2 aromatic rings. The Morgan fingerprint density at radius 3 is 2.88 bits per heavy atom. The second-order valence-electron chi connectivity index (χ2n) is 6.24. The molecule has 1 unspecified atom stereocenters. The molecule has 7 heteroatoms. The predicted octanol–water partition coefficient (Wildman–Crippen LogP) is 2.51. The van der Waals surface area contributed by atoms with Crippen molar-refractivity contribution >= 4 is 11.8 Å². The third-order valence-corrected chi connectivity index (χ3v) is 4.08. The first kappa shape index (κ1) is 16.6. The van der Waals surface area contributed by atoms with Gasteiger partial charge in [0.15, 0.2) is 0 Å². The van der Waals surface area contributed by atoms with E-state index in [1.165, 1.54) is 12.1 Å². The highest BCUT2D eigenvalue weighted by atomic mass is 19.1. The average molecular weight is 333 g/mol. The van der Waals surface area contributed by atoms with Gasteiger partial charge in [-0.3, -0.25) is 4.90 Å². The first-order valence-corrected chi connectivity index (χ1v) is 7.94. The van der Waals surface area contributed by atoms with E-state index in [1.54, 1.807) is 6.20 Å². The molecule has 1 atom stereocenters. The van der Waals surface area contributed by atoms with Crippen molar-refractivity contribution in [3.05, 3.63) is 47.7 Å². The number of anilines is 2. The number of likely N-dealkylation sites (tertiary alicyclic amines) is 1. The maximum Gasteiger partial charge on any atom is 0.226 e. The van der Waals surface area contributed by atoms with E-state index in [4.69, 9.17) is 0 Å². The van der Waals surface area contributed by atoms with Crippen LogP contribution < -0.4 is 10.2 Å². The van der Waals surface area contributed by atoms with Gasteiger partial charge in [-0.2, -0.15) is 4.98 Å². The molecule has 1 aromatic heterocycles. The molecule has 3 rings (SSSR count). The van der Waals surface area contributed by atoms with Crippen LogP contribution in [0, 0.1) is 11.6 Å². The molecule has 0 saturated carbocycles. The fourth-order valence-electron chi connectivity index (χ4n) is 2.84. The van der Waals surface area contributed by atoms with E-state index in [0.29, 0.717) is 18.1 Å². The molecule has 0 radical (unpaired) electrons. The minimum Gasteiger partial charge on any atom is -0.366 e. The summed E-state index contributed by atoms with van der Waals surface area (Å²) in [4.78, 5) is 12.7. The normalized spacial score (nSPS) is 17.9. The lowest BCUT2D eigenvalue weighted by molar-refractivity contribution is 0.322. The molecule has 128 valence electrons. The zero-order valence-electron chi connectivity index (χ0n) is 13.8. The van der Waals surface area contributed by atoms with Crippen LogP contribution in [0.15, 0.2) is 30.5 Å². The van der Waals surface area contributed by atoms with Crippen LogP contribution in [0.3, 0.4) is 0 Å². The molecule has 0 bridgehead atoms. The quantitative estimate of drug-likeness (QED) is 0.911. The molecule has 1 saturated heterocycles. The number of nitrogens with one attached hydrogen (secondary N) is 1. The molecule has 1 aliphatic heterocycles. The first-order chi connectivity index (χ1) is 11.5. The highest BCUT2D eigenvalue weighted by molar-refractivity contribution is 5.41. The van der Waals surface area contributed by atoms with Gasteiger partial charge in [-0.15, -0.1) is 0 Å². The van der Waals surface area contributed by atoms with Crippen molar-refractivity contribution in [3.63, 3.8) is 0 Å². The Labute approximate surface area is 140 Å². The largest absolute Gasteiger partial charge is 0.366 e. The minimum absolute atomic E-state index is 0.249. The van der Waals surface area contributed by atoms with Gasteiger partial charge in [0.05, 0.1) is 0 Å². The second kappa shape index (κ2) is 7.09. The fraction of sp³-hybridized carbons (Fsp3) is 0.412. The van der Waals surface area contributed by atoms with Crippen molar-refractivity contribution in [1.82, 2.24) is 14.9 Å². The van der Waals surface area contributed by atoms with Gasteiger partial charge in [0, 0.05) is 57.6 Å². The summed E-state index contributed by atoms with van der Waals surface area (Å²) in [6.45, 7) is 2.13. The monoisotopic (exact) mass is 333 g/mol. The van der Waals surface area contributed by atoms with Gasteiger partial charge in [0.2, 0.25) is 5.95 Å². The van der Waals surface area contributed by atoms with Crippen LogP contribution in [0.4, 0.5) is 20.5 Å². The van der Waals surface area contributed by atoms with Gasteiger partial charge in [0.1, 0.15) is 17.5 Å². The standard InChI is InChI=1S/C17H21F2N5/c1-23(2)17-20-7-5-16(22-17)21-14-6-8-24(11-14)10-12-3-4-13(18)9-15(12)19/h3-5,7,9,14H,6,8,10-11H2,1-2H3,(H,20,21,22). The molecule has 1 aliphatic rings. The van der Waals surface area contributed by atoms with E-state index in [-0.39, 0.29) is 6.04 Å². The van der Waals surface area contributed by atoms with E-state index in [1.807, 2.05) is 25.1 Å². The van der Waals surface area contributed by atoms with Crippen LogP contribution in [-0.2, 0) is 6.54 Å². The highest BCUT2D eigenvalue weighted by Gasteiger charge is 2.23. The molecule has 5 nitrogen and oxygen atoms in total. The molecular formula is C17H21F2N5. The lowest BCUT2D eigenvalue weighted by atomic mass is 10.2. The molecule has 2 heterocycles. The van der Waals surface area contributed by atoms with Crippen LogP contribution in [0.25, 0.3) is 0 Å². The maximum atomic E-state index is 13.8. The lowest BCUT2D eigenvalue weighted by Gasteiger charge is -2.18. The van der Waals surface area contributed by atoms with Crippen molar-refractivity contribution in [3.8, 4) is 0 Å². The summed E-state index contributed by atoms with van der Waals surface area (Å²) in [6.07, 6.45) is 2.68. The number of rotatable bonds is 5. The molecule has 1 aromatic carbocycles. The lowest BCUT2D eigenvalue weighted by Crippen LogP contribution is -2.27. The molecule has 24 heavy (non-hydrogen) atoms. The summed E-state index contributed by atoms with van der Waals surface area (Å²) in [5.41, 5.74) is 0.522. The van der Waals surface area contributed by atoms with Crippen molar-refractivity contribution in [2.75, 3.05) is 37.4 Å². The predicted molar refractivity (Wildman–Crippen MR) is 90.0 cm³/mol. The second-order valence-corrected chi connectivity index (χ2v) is 6.24. The number of hydrogen-bond donors (Lipinski definition) is 1. The smallest absolute Gasteiger partial charge is 0.226 e. The van der Waals surface area contributed by atoms with Gasteiger partial charge >= 0.3 is 0 Å². The van der Waals surface area contributed by atoms with Crippen LogP contribution in [-0.4, -0.2) is 48.1 Å². The fourth-order valence-corrected chi connectivity index (χ4v) is 2.84. The minimum atomic E-state index is -0.544. The first-order valence-electron chi connectivity index (χ1n) is 7.94. The van der Waals surface area contributed by atoms with Crippen molar-refractivity contribution < 1.29 is 8.78 Å². The van der Waals surface area contributed by atoms with Crippen molar-refractivity contribution in [2.24, 2.45) is 0 Å². The van der Waals surface area contributed by atoms with Crippen LogP contribution in [0.2, 0.25) is 0 Å². The summed E-state index contributed by atoms with van der Waals surface area (Å²) < 4.78 is 26.7. The Balaban J connectivity index is 1.58. The van der Waals surface area contributed by atoms with Gasteiger partial charge in [-0.25, -0.2) is 13.8 Å². The average Bonchev–Trinajstić information content (AvgIpc) is 2.97. The van der Waals surface area contributed by atoms with Crippen LogP contribution in [0.5, 0.6) is 0 Å². The molecule has 0 spiro atoms. The van der Waals surface area contributed by atoms with Crippen LogP contribution in [0.1, 0.15) is 12.0 Å². The topological polar surface area (TPSA) is 44.3 Å². The Morgan fingerprint density at radius 1 is 1.29 bits per heavy atom. The van der Waals surface area contributed by atoms with Gasteiger partial charge in [-0.1, -0.05) is 6.07 Å². The third-order valence-electron chi connectivity index (χ3n) is 4.08. The van der Waals surface area contributed by atoms with Crippen molar-refractivity contribution in [2.45, 2.75) is 19.0 Å². The number of benzene rings is 1. The Hall–Kier alpha value is -2.28. The molecule has 1 fully saturated rings. The Bertz CT molecular complexity index is 707. The SMILES string of the molecule is CN(C)c1nccc(NC2CCN(Cc3ccc(F)cc3F)C2)n1. The Morgan fingerprint density at radius 2 is 2.12 bits per heavy atom. The van der Waals surface area contributed by atoms with Crippen LogP contribution >= 0.6 is 0 Å². The van der Waals surface area contributed by atoms with Crippen molar-refractivity contribution in [1.29, 1.82) is 0 Å². The van der Waals surface area contributed by atoms with Gasteiger partial charge in [0.25, 0.3) is 0 Å². The molecule has 0 amide bonds. The van der Waals surface area contributed by atoms with Gasteiger partial charge in [-0.05, 0) is 18.6 Å². The number of halogens is 2. The molecule has 0 aliphatic carbocycles. The summed E-state index contributed by atoms with van der Waals surface area (Å²) >= 11 is 0. The zero-order valence-corrected chi connectivity index (χ0v) is 13.8. The van der Waals surface area contributed by atoms with E-state index >= 15 is 0 Å². The highest BCUT2D eigenvalue weighted by Crippen LogP contribution is 2.19. The van der Waals surface area contributed by atoms with Gasteiger partial charge < -0.3 is 10.2 Å².